The average Bonchev–Trinajstić information content (AvgIpc) is 2.46. The summed E-state index contributed by atoms with van der Waals surface area (Å²) in [7, 11) is 0. The molecule has 0 saturated carbocycles. The summed E-state index contributed by atoms with van der Waals surface area (Å²) in [6.45, 7) is 2.83. The molecule has 0 unspecified atom stereocenters. The molecule has 0 radical (unpaired) electrons. The molecule has 8 nitrogen and oxygen atoms in total. The van der Waals surface area contributed by atoms with E-state index in [9.17, 15) is 15.3 Å². The Balaban J connectivity index is 2.13. The molecule has 112 valence electrons. The Morgan fingerprint density at radius 1 is 1.33 bits per heavy atom. The summed E-state index contributed by atoms with van der Waals surface area (Å²) in [5.74, 6) is 0.239. The molecule has 0 bridgehead atoms. The van der Waals surface area contributed by atoms with E-state index in [2.05, 4.69) is 22.3 Å². The van der Waals surface area contributed by atoms with Gasteiger partial charge in [-0.25, -0.2) is 4.98 Å². The van der Waals surface area contributed by atoms with Crippen molar-refractivity contribution in [2.24, 2.45) is 0 Å². The highest BCUT2D eigenvalue weighted by Crippen LogP contribution is 2.17. The lowest BCUT2D eigenvalue weighted by Gasteiger charge is -2.05. The number of anilines is 1. The monoisotopic (exact) mass is 291 g/mol. The molecule has 1 N–H and O–H groups in total. The van der Waals surface area contributed by atoms with Crippen LogP contribution in [-0.2, 0) is 0 Å². The largest absolute Gasteiger partial charge is 0.594 e. The van der Waals surface area contributed by atoms with Crippen molar-refractivity contribution < 1.29 is 9.77 Å². The van der Waals surface area contributed by atoms with E-state index in [-0.39, 0.29) is 17.2 Å². The van der Waals surface area contributed by atoms with Crippen LogP contribution < -0.4 is 10.2 Å². The van der Waals surface area contributed by atoms with Gasteiger partial charge in [0.2, 0.25) is 0 Å². The number of aromatic nitrogens is 3. The lowest BCUT2D eigenvalue weighted by Crippen LogP contribution is -2.33. The standard InChI is InChI=1S/C13H17N5O3/c1-2-3-4-5-8-14-13-15-11-7-6-10(18(20)21)9-12(11)17(19)16-13/h6-7,9H,2-5,8H2,1H3,(H,14,15,16). The Morgan fingerprint density at radius 2 is 2.14 bits per heavy atom. The smallest absolute Gasteiger partial charge is 0.290 e. The van der Waals surface area contributed by atoms with Crippen LogP contribution in [-0.4, -0.2) is 21.6 Å². The van der Waals surface area contributed by atoms with Crippen molar-refractivity contribution in [3.8, 4) is 0 Å². The van der Waals surface area contributed by atoms with Gasteiger partial charge in [-0.05, 0) is 17.3 Å². The predicted octanol–water partition coefficient (Wildman–Crippen LogP) is 2.16. The van der Waals surface area contributed by atoms with Crippen LogP contribution in [0.15, 0.2) is 18.2 Å². The molecule has 0 spiro atoms. The zero-order valence-corrected chi connectivity index (χ0v) is 11.8. The second-order valence-corrected chi connectivity index (χ2v) is 4.73. The van der Waals surface area contributed by atoms with Crippen LogP contribution in [0.1, 0.15) is 32.6 Å². The number of nitro groups is 1. The van der Waals surface area contributed by atoms with E-state index in [1.807, 2.05) is 0 Å². The number of nitro benzene ring substituents is 1. The molecule has 21 heavy (non-hydrogen) atoms. The first-order valence-electron chi connectivity index (χ1n) is 6.91. The molecule has 0 amide bonds. The summed E-state index contributed by atoms with van der Waals surface area (Å²) >= 11 is 0. The van der Waals surface area contributed by atoms with Crippen molar-refractivity contribution >= 4 is 22.7 Å². The summed E-state index contributed by atoms with van der Waals surface area (Å²) < 4.78 is 0. The van der Waals surface area contributed by atoms with Gasteiger partial charge >= 0.3 is 0 Å². The number of benzene rings is 1. The number of rotatable bonds is 7. The fourth-order valence-electron chi connectivity index (χ4n) is 1.98. The number of nitrogens with zero attached hydrogens (tertiary/aromatic N) is 4. The Hall–Kier alpha value is -2.51. The van der Waals surface area contributed by atoms with E-state index < -0.39 is 4.92 Å². The quantitative estimate of drug-likeness (QED) is 0.275. The Morgan fingerprint density at radius 3 is 2.86 bits per heavy atom. The third kappa shape index (κ3) is 3.74. The number of unbranched alkanes of at least 4 members (excludes halogenated alkanes) is 3. The van der Waals surface area contributed by atoms with Gasteiger partial charge in [0.15, 0.2) is 0 Å². The second-order valence-electron chi connectivity index (χ2n) is 4.73. The third-order valence-corrected chi connectivity index (χ3v) is 3.10. The number of non-ortho nitro benzene ring substituents is 1. The minimum Gasteiger partial charge on any atom is -0.594 e. The van der Waals surface area contributed by atoms with Gasteiger partial charge in [-0.2, -0.15) is 0 Å². The third-order valence-electron chi connectivity index (χ3n) is 3.10. The van der Waals surface area contributed by atoms with Crippen LogP contribution in [0.4, 0.5) is 11.6 Å². The Bertz CT molecular complexity index is 647. The molecule has 1 aromatic carbocycles. The molecule has 0 fully saturated rings. The van der Waals surface area contributed by atoms with E-state index in [0.29, 0.717) is 16.9 Å². The minimum atomic E-state index is -0.556. The summed E-state index contributed by atoms with van der Waals surface area (Å²) in [6.07, 6.45) is 4.42. The summed E-state index contributed by atoms with van der Waals surface area (Å²) in [4.78, 5) is 14.7. The molecule has 2 aromatic rings. The molecule has 8 heteroatoms. The maximum atomic E-state index is 11.8. The zero-order valence-electron chi connectivity index (χ0n) is 11.8. The molecule has 0 atom stereocenters. The highest BCUT2D eigenvalue weighted by atomic mass is 16.6. The van der Waals surface area contributed by atoms with Crippen LogP contribution in [0.5, 0.6) is 0 Å². The minimum absolute atomic E-state index is 0.0840. The molecule has 1 heterocycles. The van der Waals surface area contributed by atoms with Gasteiger partial charge in [0.1, 0.15) is 5.52 Å². The van der Waals surface area contributed by atoms with Crippen molar-refractivity contribution in [1.82, 2.24) is 10.1 Å². The van der Waals surface area contributed by atoms with Crippen LogP contribution in [0, 0.1) is 15.3 Å². The predicted molar refractivity (Wildman–Crippen MR) is 77.8 cm³/mol. The fourth-order valence-corrected chi connectivity index (χ4v) is 1.98. The number of hydrogen-bond donors (Lipinski definition) is 1. The van der Waals surface area contributed by atoms with Crippen LogP contribution in [0.3, 0.4) is 0 Å². The van der Waals surface area contributed by atoms with Gasteiger partial charge in [0, 0.05) is 12.6 Å². The normalized spacial score (nSPS) is 10.7. The maximum absolute atomic E-state index is 11.8. The van der Waals surface area contributed by atoms with Gasteiger partial charge in [0.25, 0.3) is 17.2 Å². The molecule has 2 rings (SSSR count). The lowest BCUT2D eigenvalue weighted by atomic mass is 10.2. The first kappa shape index (κ1) is 14.9. The summed E-state index contributed by atoms with van der Waals surface area (Å²) in [5, 5.41) is 29.2. The highest BCUT2D eigenvalue weighted by molar-refractivity contribution is 5.74. The second kappa shape index (κ2) is 6.78. The average molecular weight is 291 g/mol. The van der Waals surface area contributed by atoms with Crippen molar-refractivity contribution in [3.05, 3.63) is 33.5 Å². The molecule has 0 saturated heterocycles. The summed E-state index contributed by atoms with van der Waals surface area (Å²) in [6, 6.07) is 3.94. The molecule has 1 aromatic heterocycles. The Labute approximate surface area is 121 Å². The van der Waals surface area contributed by atoms with Crippen molar-refractivity contribution in [3.63, 3.8) is 0 Å². The van der Waals surface area contributed by atoms with Crippen LogP contribution >= 0.6 is 0 Å². The molecular weight excluding hydrogens is 274 g/mol. The van der Waals surface area contributed by atoms with Crippen LogP contribution in [0.25, 0.3) is 11.0 Å². The molecular formula is C13H17N5O3. The van der Waals surface area contributed by atoms with E-state index >= 15 is 0 Å². The van der Waals surface area contributed by atoms with E-state index in [0.717, 1.165) is 19.3 Å². The maximum Gasteiger partial charge on any atom is 0.290 e. The van der Waals surface area contributed by atoms with Crippen molar-refractivity contribution in [2.75, 3.05) is 11.9 Å². The number of nitrogens with one attached hydrogen (secondary N) is 1. The van der Waals surface area contributed by atoms with Crippen LogP contribution in [0.2, 0.25) is 0 Å². The SMILES string of the molecule is CCCCCCNc1nc2ccc([N+](=O)[O-])cc2[n+]([O-])n1. The van der Waals surface area contributed by atoms with Gasteiger partial charge in [-0.1, -0.05) is 26.2 Å². The molecule has 0 aliphatic carbocycles. The summed E-state index contributed by atoms with van der Waals surface area (Å²) in [5.41, 5.74) is 0.304. The van der Waals surface area contributed by atoms with Gasteiger partial charge in [-0.3, -0.25) is 10.1 Å². The van der Waals surface area contributed by atoms with Crippen molar-refractivity contribution in [1.29, 1.82) is 0 Å². The molecule has 0 aliphatic heterocycles. The van der Waals surface area contributed by atoms with E-state index in [1.54, 1.807) is 0 Å². The number of hydrogen-bond acceptors (Lipinski definition) is 6. The van der Waals surface area contributed by atoms with E-state index in [1.165, 1.54) is 24.6 Å². The fraction of sp³-hybridized carbons (Fsp3) is 0.462. The topological polar surface area (TPSA) is 108 Å². The lowest BCUT2D eigenvalue weighted by molar-refractivity contribution is -0.641. The Kier molecular flexibility index (Phi) is 4.81. The van der Waals surface area contributed by atoms with Gasteiger partial charge in [-0.15, -0.1) is 0 Å². The van der Waals surface area contributed by atoms with E-state index in [4.69, 9.17) is 0 Å². The first-order chi connectivity index (χ1) is 10.1. The highest BCUT2D eigenvalue weighted by Gasteiger charge is 2.15. The number of fused-ring (bicyclic) bond motifs is 1. The van der Waals surface area contributed by atoms with Crippen molar-refractivity contribution in [2.45, 2.75) is 32.6 Å². The zero-order chi connectivity index (χ0) is 15.2. The molecule has 0 aliphatic rings. The first-order valence-corrected chi connectivity index (χ1v) is 6.91. The van der Waals surface area contributed by atoms with Gasteiger partial charge < -0.3 is 10.5 Å². The van der Waals surface area contributed by atoms with Gasteiger partial charge in [0.05, 0.1) is 16.1 Å².